The van der Waals surface area contributed by atoms with Crippen molar-refractivity contribution >= 4 is 29.0 Å². The number of nitrogens with two attached hydrogens (primary N) is 1. The highest BCUT2D eigenvalue weighted by Gasteiger charge is 2.05. The number of hydrogen-bond acceptors (Lipinski definition) is 3. The van der Waals surface area contributed by atoms with Crippen molar-refractivity contribution < 1.29 is 4.79 Å². The first-order valence-electron chi connectivity index (χ1n) is 6.90. The first-order chi connectivity index (χ1) is 10.0. The van der Waals surface area contributed by atoms with Crippen LogP contribution in [0, 0.1) is 13.8 Å². The van der Waals surface area contributed by atoms with Crippen molar-refractivity contribution in [1.29, 1.82) is 0 Å². The molecule has 0 aliphatic heterocycles. The normalized spacial score (nSPS) is 10.4. The third-order valence-electron chi connectivity index (χ3n) is 3.15. The lowest BCUT2D eigenvalue weighted by Crippen LogP contribution is -2.13. The third kappa shape index (κ3) is 4.83. The van der Waals surface area contributed by atoms with Crippen LogP contribution in [-0.4, -0.2) is 11.7 Å². The molecule has 0 aromatic heterocycles. The van der Waals surface area contributed by atoms with Gasteiger partial charge >= 0.3 is 0 Å². The maximum atomic E-state index is 12.0. The van der Waals surface area contributed by atoms with Crippen molar-refractivity contribution in [3.63, 3.8) is 0 Å². The monoisotopic (exact) mass is 300 g/mol. The van der Waals surface area contributed by atoms with E-state index < -0.39 is 0 Å². The van der Waals surface area contributed by atoms with Crippen LogP contribution in [-0.2, 0) is 4.79 Å². The van der Waals surface area contributed by atoms with E-state index in [-0.39, 0.29) is 5.91 Å². The quantitative estimate of drug-likeness (QED) is 0.648. The Morgan fingerprint density at radius 1 is 1.14 bits per heavy atom. The predicted octanol–water partition coefficient (Wildman–Crippen LogP) is 4.01. The van der Waals surface area contributed by atoms with Gasteiger partial charge in [-0.15, -0.1) is 11.8 Å². The summed E-state index contributed by atoms with van der Waals surface area (Å²) in [5, 5.41) is 2.91. The lowest BCUT2D eigenvalue weighted by atomic mass is 10.2. The van der Waals surface area contributed by atoms with Crippen LogP contribution in [0.1, 0.15) is 17.5 Å². The van der Waals surface area contributed by atoms with Gasteiger partial charge in [0, 0.05) is 28.4 Å². The molecule has 0 aliphatic rings. The van der Waals surface area contributed by atoms with Crippen LogP contribution in [0.3, 0.4) is 0 Å². The molecule has 0 saturated heterocycles. The zero-order chi connectivity index (χ0) is 15.2. The molecule has 2 aromatic rings. The smallest absolute Gasteiger partial charge is 0.225 e. The fourth-order valence-corrected chi connectivity index (χ4v) is 2.73. The molecule has 0 fully saturated rings. The number of aryl methyl sites for hydroxylation is 2. The molecule has 2 aromatic carbocycles. The summed E-state index contributed by atoms with van der Waals surface area (Å²) >= 11 is 1.69. The molecular weight excluding hydrogens is 280 g/mol. The summed E-state index contributed by atoms with van der Waals surface area (Å²) in [6, 6.07) is 13.9. The Bertz CT molecular complexity index is 623. The largest absolute Gasteiger partial charge is 0.399 e. The average molecular weight is 300 g/mol. The number of anilines is 2. The van der Waals surface area contributed by atoms with Gasteiger partial charge < -0.3 is 11.1 Å². The zero-order valence-electron chi connectivity index (χ0n) is 12.3. The maximum absolute atomic E-state index is 12.0. The number of rotatable bonds is 5. The molecule has 0 heterocycles. The Morgan fingerprint density at radius 2 is 1.86 bits per heavy atom. The summed E-state index contributed by atoms with van der Waals surface area (Å²) in [5.74, 6) is 0.777. The van der Waals surface area contributed by atoms with E-state index in [4.69, 9.17) is 5.73 Å². The standard InChI is InChI=1S/C17H20N2OS/c1-12-3-7-15(8-4-12)21-10-9-17(20)19-16-11-14(18)6-5-13(16)2/h3-8,11H,9-10,18H2,1-2H3,(H,19,20). The SMILES string of the molecule is Cc1ccc(SCCC(=O)Nc2cc(N)ccc2C)cc1. The van der Waals surface area contributed by atoms with Crippen molar-refractivity contribution in [3.8, 4) is 0 Å². The second kappa shape index (κ2) is 7.18. The van der Waals surface area contributed by atoms with Crippen molar-refractivity contribution in [2.75, 3.05) is 16.8 Å². The van der Waals surface area contributed by atoms with Gasteiger partial charge in [-0.2, -0.15) is 0 Å². The van der Waals surface area contributed by atoms with Gasteiger partial charge in [-0.25, -0.2) is 0 Å². The minimum absolute atomic E-state index is 0.0170. The number of amides is 1. The summed E-state index contributed by atoms with van der Waals surface area (Å²) in [5.41, 5.74) is 9.45. The van der Waals surface area contributed by atoms with Crippen LogP contribution in [0.15, 0.2) is 47.4 Å². The number of carbonyl (C=O) groups is 1. The number of nitrogen functional groups attached to an aromatic ring is 1. The zero-order valence-corrected chi connectivity index (χ0v) is 13.2. The summed E-state index contributed by atoms with van der Waals surface area (Å²) in [7, 11) is 0. The van der Waals surface area contributed by atoms with E-state index in [0.29, 0.717) is 12.1 Å². The van der Waals surface area contributed by atoms with E-state index in [9.17, 15) is 4.79 Å². The van der Waals surface area contributed by atoms with Crippen LogP contribution in [0.4, 0.5) is 11.4 Å². The number of carbonyl (C=O) groups excluding carboxylic acids is 1. The lowest BCUT2D eigenvalue weighted by molar-refractivity contribution is -0.115. The van der Waals surface area contributed by atoms with Gasteiger partial charge in [0.15, 0.2) is 0 Å². The fraction of sp³-hybridized carbons (Fsp3) is 0.235. The van der Waals surface area contributed by atoms with E-state index in [0.717, 1.165) is 17.0 Å². The molecule has 0 radical (unpaired) electrons. The lowest BCUT2D eigenvalue weighted by Gasteiger charge is -2.09. The van der Waals surface area contributed by atoms with Gasteiger partial charge in [0.05, 0.1) is 0 Å². The van der Waals surface area contributed by atoms with E-state index >= 15 is 0 Å². The molecule has 0 spiro atoms. The molecule has 4 heteroatoms. The van der Waals surface area contributed by atoms with Crippen LogP contribution in [0.2, 0.25) is 0 Å². The first-order valence-corrected chi connectivity index (χ1v) is 7.88. The van der Waals surface area contributed by atoms with Crippen molar-refractivity contribution in [2.24, 2.45) is 0 Å². The van der Waals surface area contributed by atoms with Gasteiger partial charge in [0.25, 0.3) is 0 Å². The van der Waals surface area contributed by atoms with E-state index in [1.807, 2.05) is 19.1 Å². The number of thioether (sulfide) groups is 1. The molecule has 0 bridgehead atoms. The number of benzene rings is 2. The Hall–Kier alpha value is -1.94. The molecule has 0 atom stereocenters. The minimum Gasteiger partial charge on any atom is -0.399 e. The van der Waals surface area contributed by atoms with Gasteiger partial charge in [-0.1, -0.05) is 23.8 Å². The molecule has 0 aliphatic carbocycles. The Kier molecular flexibility index (Phi) is 5.28. The van der Waals surface area contributed by atoms with E-state index in [1.54, 1.807) is 17.8 Å². The van der Waals surface area contributed by atoms with Gasteiger partial charge in [-0.3, -0.25) is 4.79 Å². The summed E-state index contributed by atoms with van der Waals surface area (Å²) in [6.45, 7) is 4.02. The van der Waals surface area contributed by atoms with Crippen molar-refractivity contribution in [3.05, 3.63) is 53.6 Å². The highest BCUT2D eigenvalue weighted by molar-refractivity contribution is 7.99. The van der Waals surface area contributed by atoms with Crippen LogP contribution in [0.25, 0.3) is 0 Å². The average Bonchev–Trinajstić information content (AvgIpc) is 2.45. The Balaban J connectivity index is 1.82. The van der Waals surface area contributed by atoms with Crippen molar-refractivity contribution in [1.82, 2.24) is 0 Å². The fourth-order valence-electron chi connectivity index (χ4n) is 1.88. The molecule has 3 N–H and O–H groups in total. The highest BCUT2D eigenvalue weighted by Crippen LogP contribution is 2.21. The molecule has 21 heavy (non-hydrogen) atoms. The Labute approximate surface area is 129 Å². The molecule has 0 unspecified atom stereocenters. The maximum Gasteiger partial charge on any atom is 0.225 e. The number of hydrogen-bond donors (Lipinski definition) is 2. The Morgan fingerprint density at radius 3 is 2.57 bits per heavy atom. The highest BCUT2D eigenvalue weighted by atomic mass is 32.2. The van der Waals surface area contributed by atoms with Crippen LogP contribution in [0.5, 0.6) is 0 Å². The summed E-state index contributed by atoms with van der Waals surface area (Å²) < 4.78 is 0. The minimum atomic E-state index is 0.0170. The topological polar surface area (TPSA) is 55.1 Å². The molecule has 3 nitrogen and oxygen atoms in total. The molecule has 0 saturated carbocycles. The first kappa shape index (κ1) is 15.4. The molecular formula is C17H20N2OS. The van der Waals surface area contributed by atoms with E-state index in [1.165, 1.54) is 10.5 Å². The second-order valence-corrected chi connectivity index (χ2v) is 6.20. The predicted molar refractivity (Wildman–Crippen MR) is 90.7 cm³/mol. The number of nitrogens with one attached hydrogen (secondary N) is 1. The van der Waals surface area contributed by atoms with E-state index in [2.05, 4.69) is 36.5 Å². The van der Waals surface area contributed by atoms with Gasteiger partial charge in [-0.05, 0) is 43.7 Å². The van der Waals surface area contributed by atoms with Gasteiger partial charge in [0.2, 0.25) is 5.91 Å². The summed E-state index contributed by atoms with van der Waals surface area (Å²) in [6.07, 6.45) is 0.479. The van der Waals surface area contributed by atoms with Gasteiger partial charge in [0.1, 0.15) is 0 Å². The summed E-state index contributed by atoms with van der Waals surface area (Å²) in [4.78, 5) is 13.1. The van der Waals surface area contributed by atoms with Crippen molar-refractivity contribution in [2.45, 2.75) is 25.2 Å². The van der Waals surface area contributed by atoms with Crippen LogP contribution >= 0.6 is 11.8 Å². The van der Waals surface area contributed by atoms with Crippen LogP contribution < -0.4 is 11.1 Å². The molecule has 2 rings (SSSR count). The molecule has 1 amide bonds. The third-order valence-corrected chi connectivity index (χ3v) is 4.17. The second-order valence-electron chi connectivity index (χ2n) is 5.03. The molecule has 110 valence electrons.